The van der Waals surface area contributed by atoms with Crippen LogP contribution < -0.4 is 15.1 Å². The summed E-state index contributed by atoms with van der Waals surface area (Å²) >= 11 is 1.77. The zero-order valence-corrected chi connectivity index (χ0v) is 17.8. The number of anilines is 1. The second-order valence-electron chi connectivity index (χ2n) is 8.07. The number of hydrogen-bond acceptors (Lipinski definition) is 3. The van der Waals surface area contributed by atoms with Gasteiger partial charge in [-0.05, 0) is 48.6 Å². The normalized spacial score (nSPS) is 17.5. The maximum atomic E-state index is 13.2. The number of quaternary nitrogens is 1. The maximum Gasteiger partial charge on any atom is 0.220 e. The summed E-state index contributed by atoms with van der Waals surface area (Å²) < 4.78 is 13.2. The lowest BCUT2D eigenvalue weighted by atomic mass is 10.0. The van der Waals surface area contributed by atoms with E-state index in [1.165, 1.54) is 21.9 Å². The van der Waals surface area contributed by atoms with E-state index in [0.717, 1.165) is 31.9 Å². The van der Waals surface area contributed by atoms with Crippen molar-refractivity contribution in [2.24, 2.45) is 5.92 Å². The number of carbonyl (C=O) groups is 1. The Kier molecular flexibility index (Phi) is 7.08. The number of nitrogens with one attached hydrogen (secondary N) is 2. The second-order valence-corrected chi connectivity index (χ2v) is 9.05. The van der Waals surface area contributed by atoms with Gasteiger partial charge in [0.05, 0.1) is 37.1 Å². The van der Waals surface area contributed by atoms with Crippen molar-refractivity contribution in [1.29, 1.82) is 0 Å². The highest BCUT2D eigenvalue weighted by atomic mass is 32.1. The minimum Gasteiger partial charge on any atom is -0.360 e. The average Bonchev–Trinajstić information content (AvgIpc) is 3.16. The van der Waals surface area contributed by atoms with E-state index in [4.69, 9.17) is 0 Å². The summed E-state index contributed by atoms with van der Waals surface area (Å²) in [6, 6.07) is 11.4. The number of benzene rings is 1. The molecule has 0 radical (unpaired) electrons. The van der Waals surface area contributed by atoms with E-state index >= 15 is 0 Å². The van der Waals surface area contributed by atoms with Gasteiger partial charge < -0.3 is 15.1 Å². The zero-order valence-electron chi connectivity index (χ0n) is 17.0. The fourth-order valence-corrected chi connectivity index (χ4v) is 5.04. The molecule has 2 atom stereocenters. The van der Waals surface area contributed by atoms with E-state index in [2.05, 4.69) is 48.5 Å². The molecule has 2 aromatic rings. The van der Waals surface area contributed by atoms with Crippen LogP contribution in [0.2, 0.25) is 0 Å². The molecule has 1 aromatic heterocycles. The minimum absolute atomic E-state index is 0.0808. The number of nitrogens with zero attached hydrogens (tertiary/aromatic N) is 1. The van der Waals surface area contributed by atoms with Crippen molar-refractivity contribution in [2.75, 3.05) is 31.1 Å². The summed E-state index contributed by atoms with van der Waals surface area (Å²) in [4.78, 5) is 17.5. The smallest absolute Gasteiger partial charge is 0.220 e. The highest BCUT2D eigenvalue weighted by molar-refractivity contribution is 7.10. The molecule has 0 bridgehead atoms. The Labute approximate surface area is 171 Å². The number of carbonyl (C=O) groups excluding carboxylic acids is 1. The van der Waals surface area contributed by atoms with Gasteiger partial charge in [0.25, 0.3) is 0 Å². The molecule has 0 spiro atoms. The fraction of sp³-hybridized carbons (Fsp3) is 0.500. The van der Waals surface area contributed by atoms with Crippen LogP contribution in [0.25, 0.3) is 0 Å². The number of thiophene rings is 1. The van der Waals surface area contributed by atoms with Gasteiger partial charge >= 0.3 is 0 Å². The number of rotatable bonds is 7. The fourth-order valence-electron chi connectivity index (χ4n) is 4.05. The highest BCUT2D eigenvalue weighted by Gasteiger charge is 2.34. The van der Waals surface area contributed by atoms with E-state index in [1.807, 2.05) is 12.1 Å². The lowest BCUT2D eigenvalue weighted by molar-refractivity contribution is -0.933. The van der Waals surface area contributed by atoms with Crippen LogP contribution in [-0.4, -0.2) is 38.1 Å². The molecule has 1 amide bonds. The standard InChI is InChI=1S/C22H30FN3OS/c1-16(2)15-21(27)24-17(3)22(20-5-4-14-28-20)26-12-10-25(11-13-26)19-8-6-18(23)7-9-19/h4-9,14,16-17,22H,10-13,15H2,1-3H3,(H,24,27)/p+1/t17-,22+/m0/s1. The van der Waals surface area contributed by atoms with Crippen LogP contribution in [0.1, 0.15) is 38.1 Å². The Balaban J connectivity index is 1.66. The van der Waals surface area contributed by atoms with E-state index in [1.54, 1.807) is 11.3 Å². The zero-order chi connectivity index (χ0) is 20.1. The molecule has 2 heterocycles. The molecule has 0 aliphatic carbocycles. The Morgan fingerprint density at radius 3 is 2.43 bits per heavy atom. The van der Waals surface area contributed by atoms with Crippen LogP contribution in [0, 0.1) is 11.7 Å². The maximum absolute atomic E-state index is 13.2. The number of amides is 1. The number of halogens is 1. The SMILES string of the molecule is CC(C)CC(=O)N[C@@H](C)[C@H](c1cccs1)[NH+]1CCN(c2ccc(F)cc2)CC1. The molecule has 1 aromatic carbocycles. The average molecular weight is 405 g/mol. The molecule has 1 fully saturated rings. The van der Waals surface area contributed by atoms with Crippen molar-refractivity contribution in [3.8, 4) is 0 Å². The first-order valence-electron chi connectivity index (χ1n) is 10.1. The monoisotopic (exact) mass is 404 g/mol. The van der Waals surface area contributed by atoms with Crippen molar-refractivity contribution < 1.29 is 14.1 Å². The largest absolute Gasteiger partial charge is 0.360 e. The van der Waals surface area contributed by atoms with Crippen molar-refractivity contribution in [2.45, 2.75) is 39.3 Å². The van der Waals surface area contributed by atoms with Gasteiger partial charge in [-0.2, -0.15) is 0 Å². The first-order chi connectivity index (χ1) is 13.4. The van der Waals surface area contributed by atoms with Gasteiger partial charge in [0.15, 0.2) is 0 Å². The summed E-state index contributed by atoms with van der Waals surface area (Å²) in [7, 11) is 0. The van der Waals surface area contributed by atoms with Crippen molar-refractivity contribution in [3.05, 3.63) is 52.5 Å². The van der Waals surface area contributed by atoms with Gasteiger partial charge in [0.1, 0.15) is 11.9 Å². The van der Waals surface area contributed by atoms with Gasteiger partial charge in [0, 0.05) is 12.1 Å². The topological polar surface area (TPSA) is 36.8 Å². The van der Waals surface area contributed by atoms with E-state index in [0.29, 0.717) is 12.3 Å². The summed E-state index contributed by atoms with van der Waals surface area (Å²) in [5, 5.41) is 5.35. The van der Waals surface area contributed by atoms with E-state index in [9.17, 15) is 9.18 Å². The Bertz CT molecular complexity index is 740. The second kappa shape index (κ2) is 9.52. The number of piperazine rings is 1. The summed E-state index contributed by atoms with van der Waals surface area (Å²) in [6.07, 6.45) is 0.565. The molecular formula is C22H31FN3OS+. The molecule has 152 valence electrons. The summed E-state index contributed by atoms with van der Waals surface area (Å²) in [6.45, 7) is 10.1. The van der Waals surface area contributed by atoms with Crippen molar-refractivity contribution in [1.82, 2.24) is 5.32 Å². The molecule has 6 heteroatoms. The lowest BCUT2D eigenvalue weighted by Gasteiger charge is -2.39. The van der Waals surface area contributed by atoms with E-state index in [-0.39, 0.29) is 23.8 Å². The Morgan fingerprint density at radius 2 is 1.86 bits per heavy atom. The molecule has 1 aliphatic rings. The van der Waals surface area contributed by atoms with Crippen LogP contribution in [0.15, 0.2) is 41.8 Å². The van der Waals surface area contributed by atoms with Gasteiger partial charge in [-0.3, -0.25) is 4.79 Å². The van der Waals surface area contributed by atoms with Crippen LogP contribution >= 0.6 is 11.3 Å². The molecule has 2 N–H and O–H groups in total. The Morgan fingerprint density at radius 1 is 1.18 bits per heavy atom. The lowest BCUT2D eigenvalue weighted by Crippen LogP contribution is -3.16. The van der Waals surface area contributed by atoms with Crippen LogP contribution in [0.4, 0.5) is 10.1 Å². The summed E-state index contributed by atoms with van der Waals surface area (Å²) in [5.74, 6) is 0.295. The molecule has 0 saturated carbocycles. The first-order valence-corrected chi connectivity index (χ1v) is 11.0. The quantitative estimate of drug-likeness (QED) is 0.745. The van der Waals surface area contributed by atoms with Crippen LogP contribution in [0.3, 0.4) is 0 Å². The van der Waals surface area contributed by atoms with Crippen molar-refractivity contribution >= 4 is 22.9 Å². The van der Waals surface area contributed by atoms with Crippen LogP contribution in [0.5, 0.6) is 0 Å². The minimum atomic E-state index is -0.197. The highest BCUT2D eigenvalue weighted by Crippen LogP contribution is 2.21. The van der Waals surface area contributed by atoms with Gasteiger partial charge in [-0.25, -0.2) is 4.39 Å². The predicted molar refractivity (Wildman–Crippen MR) is 113 cm³/mol. The molecule has 4 nitrogen and oxygen atoms in total. The molecule has 28 heavy (non-hydrogen) atoms. The third kappa shape index (κ3) is 5.32. The number of hydrogen-bond donors (Lipinski definition) is 2. The molecule has 1 aliphatic heterocycles. The van der Waals surface area contributed by atoms with Gasteiger partial charge in [-0.1, -0.05) is 19.9 Å². The third-order valence-corrected chi connectivity index (χ3v) is 6.32. The van der Waals surface area contributed by atoms with E-state index < -0.39 is 0 Å². The predicted octanol–water partition coefficient (Wildman–Crippen LogP) is 2.88. The van der Waals surface area contributed by atoms with Gasteiger partial charge in [-0.15, -0.1) is 11.3 Å². The molecule has 1 saturated heterocycles. The van der Waals surface area contributed by atoms with Crippen LogP contribution in [-0.2, 0) is 4.79 Å². The van der Waals surface area contributed by atoms with Gasteiger partial charge in [0.2, 0.25) is 5.91 Å². The molecular weight excluding hydrogens is 373 g/mol. The third-order valence-electron chi connectivity index (χ3n) is 5.37. The van der Waals surface area contributed by atoms with Crippen molar-refractivity contribution in [3.63, 3.8) is 0 Å². The molecule has 3 rings (SSSR count). The first kappa shape index (κ1) is 20.8. The Hall–Kier alpha value is -1.92. The summed E-state index contributed by atoms with van der Waals surface area (Å²) in [5.41, 5.74) is 1.08. The molecule has 0 unspecified atom stereocenters.